The van der Waals surface area contributed by atoms with Crippen LogP contribution in [0.25, 0.3) is 11.3 Å². The molecule has 0 spiro atoms. The Morgan fingerprint density at radius 3 is 2.61 bits per heavy atom. The second kappa shape index (κ2) is 5.87. The average molecular weight is 354 g/mol. The summed E-state index contributed by atoms with van der Waals surface area (Å²) in [4.78, 5) is 0. The lowest BCUT2D eigenvalue weighted by Gasteiger charge is -2.01. The molecule has 1 aromatic heterocycles. The van der Waals surface area contributed by atoms with Gasteiger partial charge in [0.25, 0.3) is 5.82 Å². The third-order valence-corrected chi connectivity index (χ3v) is 3.68. The van der Waals surface area contributed by atoms with Crippen LogP contribution in [0.2, 0.25) is 0 Å². The molecule has 0 atom stereocenters. The number of aryl methyl sites for hydroxylation is 1. The van der Waals surface area contributed by atoms with Gasteiger partial charge in [0.05, 0.1) is 13.6 Å². The largest absolute Gasteiger partial charge is 1.00 e. The zero-order valence-corrected chi connectivity index (χ0v) is 12.9. The van der Waals surface area contributed by atoms with Crippen LogP contribution in [0.15, 0.2) is 36.5 Å². The van der Waals surface area contributed by atoms with Gasteiger partial charge in [0.1, 0.15) is 6.20 Å². The van der Waals surface area contributed by atoms with Crippen LogP contribution in [-0.2, 0) is 20.0 Å². The highest BCUT2D eigenvalue weighted by molar-refractivity contribution is 5.58. The zero-order valence-electron chi connectivity index (χ0n) is 10.8. The van der Waals surface area contributed by atoms with Crippen LogP contribution in [0, 0.1) is 0 Å². The second-order valence-corrected chi connectivity index (χ2v) is 4.87. The molecule has 3 heteroatoms. The number of nitrogens with zero attached hydrogens (tertiary/aromatic N) is 2. The maximum absolute atomic E-state index is 2.50. The standard InChI is InChI=1S/C15H19N2.HI/c1-16-12-14(13-8-4-2-5-9-13)17-11-7-3-6-10-15(16)17;/h2,4-5,8-9,12H,3,6-7,10-11H2,1H3;1H/q+1;/p-1. The third kappa shape index (κ3) is 2.46. The van der Waals surface area contributed by atoms with Crippen LogP contribution >= 0.6 is 0 Å². The number of halogens is 1. The van der Waals surface area contributed by atoms with E-state index < -0.39 is 0 Å². The van der Waals surface area contributed by atoms with Crippen LogP contribution in [0.5, 0.6) is 0 Å². The molecule has 0 aliphatic carbocycles. The minimum Gasteiger partial charge on any atom is -1.00 e. The molecule has 0 saturated heterocycles. The highest BCUT2D eigenvalue weighted by Gasteiger charge is 2.23. The highest BCUT2D eigenvalue weighted by Crippen LogP contribution is 2.23. The topological polar surface area (TPSA) is 8.81 Å². The predicted molar refractivity (Wildman–Crippen MR) is 68.6 cm³/mol. The number of benzene rings is 1. The van der Waals surface area contributed by atoms with Crippen LogP contribution in [0.3, 0.4) is 0 Å². The Kier molecular flexibility index (Phi) is 4.43. The smallest absolute Gasteiger partial charge is 0.256 e. The number of imidazole rings is 1. The number of aromatic nitrogens is 2. The van der Waals surface area contributed by atoms with E-state index in [4.69, 9.17) is 0 Å². The molecule has 0 bridgehead atoms. The Bertz CT molecular complexity index is 517. The summed E-state index contributed by atoms with van der Waals surface area (Å²) in [6.07, 6.45) is 7.48. The van der Waals surface area contributed by atoms with Gasteiger partial charge in [-0.1, -0.05) is 30.3 Å². The van der Waals surface area contributed by atoms with Gasteiger partial charge in [0.15, 0.2) is 5.69 Å². The lowest BCUT2D eigenvalue weighted by molar-refractivity contribution is -0.678. The van der Waals surface area contributed by atoms with Crippen LogP contribution in [0.4, 0.5) is 0 Å². The summed E-state index contributed by atoms with van der Waals surface area (Å²) in [6.45, 7) is 1.17. The van der Waals surface area contributed by atoms with Gasteiger partial charge in [-0.3, -0.25) is 0 Å². The van der Waals surface area contributed by atoms with Gasteiger partial charge >= 0.3 is 0 Å². The van der Waals surface area contributed by atoms with Gasteiger partial charge < -0.3 is 24.0 Å². The SMILES string of the molecule is C[n+]1cc(-c2ccccc2)n2c1CCCCC2.[I-]. The molecular formula is C15H19IN2. The Morgan fingerprint density at radius 1 is 1.06 bits per heavy atom. The van der Waals surface area contributed by atoms with Crippen molar-refractivity contribution in [2.75, 3.05) is 0 Å². The number of hydrogen-bond acceptors (Lipinski definition) is 0. The molecule has 3 rings (SSSR count). The van der Waals surface area contributed by atoms with Crippen molar-refractivity contribution in [3.63, 3.8) is 0 Å². The maximum Gasteiger partial charge on any atom is 0.256 e. The summed E-state index contributed by atoms with van der Waals surface area (Å²) >= 11 is 0. The Labute approximate surface area is 126 Å². The molecule has 2 nitrogen and oxygen atoms in total. The first-order valence-corrected chi connectivity index (χ1v) is 6.50. The summed E-state index contributed by atoms with van der Waals surface area (Å²) in [5.74, 6) is 1.47. The molecule has 1 aliphatic rings. The van der Waals surface area contributed by atoms with E-state index in [0.29, 0.717) is 0 Å². The van der Waals surface area contributed by atoms with Gasteiger partial charge in [-0.2, -0.15) is 0 Å². The van der Waals surface area contributed by atoms with Gasteiger partial charge in [-0.05, 0) is 19.3 Å². The zero-order chi connectivity index (χ0) is 11.7. The van der Waals surface area contributed by atoms with Gasteiger partial charge in [0.2, 0.25) is 0 Å². The molecule has 1 aliphatic heterocycles. The first kappa shape index (κ1) is 13.6. The van der Waals surface area contributed by atoms with Crippen molar-refractivity contribution in [3.05, 3.63) is 42.4 Å². The number of rotatable bonds is 1. The fourth-order valence-corrected chi connectivity index (χ4v) is 2.79. The molecular weight excluding hydrogens is 335 g/mol. The minimum absolute atomic E-state index is 0. The fourth-order valence-electron chi connectivity index (χ4n) is 2.79. The molecule has 2 aromatic rings. The molecule has 18 heavy (non-hydrogen) atoms. The van der Waals surface area contributed by atoms with E-state index in [1.54, 1.807) is 0 Å². The first-order valence-electron chi connectivity index (χ1n) is 6.50. The van der Waals surface area contributed by atoms with Crippen LogP contribution in [0.1, 0.15) is 25.1 Å². The summed E-state index contributed by atoms with van der Waals surface area (Å²) in [5.41, 5.74) is 2.70. The Balaban J connectivity index is 0.00000120. The van der Waals surface area contributed by atoms with E-state index >= 15 is 0 Å². The average Bonchev–Trinajstić information content (AvgIpc) is 2.57. The first-order chi connectivity index (χ1) is 8.36. The second-order valence-electron chi connectivity index (χ2n) is 4.87. The maximum atomic E-state index is 2.50. The fraction of sp³-hybridized carbons (Fsp3) is 0.400. The minimum atomic E-state index is 0. The summed E-state index contributed by atoms with van der Waals surface area (Å²) in [5, 5.41) is 0. The lowest BCUT2D eigenvalue weighted by atomic mass is 10.1. The Morgan fingerprint density at radius 2 is 1.83 bits per heavy atom. The summed E-state index contributed by atoms with van der Waals surface area (Å²) in [6, 6.07) is 10.7. The lowest BCUT2D eigenvalue weighted by Crippen LogP contribution is -3.00. The van der Waals surface area contributed by atoms with E-state index in [2.05, 4.69) is 52.7 Å². The highest BCUT2D eigenvalue weighted by atomic mass is 127. The van der Waals surface area contributed by atoms with Crippen molar-refractivity contribution in [3.8, 4) is 11.3 Å². The number of hydrogen-bond donors (Lipinski definition) is 0. The molecule has 0 N–H and O–H groups in total. The van der Waals surface area contributed by atoms with Gasteiger partial charge in [-0.15, -0.1) is 0 Å². The van der Waals surface area contributed by atoms with Crippen molar-refractivity contribution < 1.29 is 28.5 Å². The normalized spacial score (nSPS) is 14.5. The van der Waals surface area contributed by atoms with E-state index in [-0.39, 0.29) is 24.0 Å². The molecule has 0 saturated carbocycles. The van der Waals surface area contributed by atoms with Crippen LogP contribution in [-0.4, -0.2) is 4.57 Å². The molecule has 0 fully saturated rings. The molecule has 0 unspecified atom stereocenters. The Hall–Kier alpha value is -0.840. The van der Waals surface area contributed by atoms with Crippen molar-refractivity contribution in [2.45, 2.75) is 32.2 Å². The predicted octanol–water partition coefficient (Wildman–Crippen LogP) is -0.290. The molecule has 2 heterocycles. The third-order valence-electron chi connectivity index (χ3n) is 3.68. The monoisotopic (exact) mass is 354 g/mol. The molecule has 1 aromatic carbocycles. The summed E-state index contributed by atoms with van der Waals surface area (Å²) in [7, 11) is 2.17. The van der Waals surface area contributed by atoms with Crippen molar-refractivity contribution >= 4 is 0 Å². The van der Waals surface area contributed by atoms with E-state index in [9.17, 15) is 0 Å². The van der Waals surface area contributed by atoms with Gasteiger partial charge in [-0.25, -0.2) is 9.13 Å². The molecule has 0 radical (unpaired) electrons. The van der Waals surface area contributed by atoms with Crippen LogP contribution < -0.4 is 28.5 Å². The quantitative estimate of drug-likeness (QED) is 0.492. The van der Waals surface area contributed by atoms with Crippen molar-refractivity contribution in [2.24, 2.45) is 7.05 Å². The van der Waals surface area contributed by atoms with E-state index in [0.717, 1.165) is 0 Å². The van der Waals surface area contributed by atoms with Crippen molar-refractivity contribution in [1.29, 1.82) is 0 Å². The van der Waals surface area contributed by atoms with Gasteiger partial charge in [0, 0.05) is 12.0 Å². The van der Waals surface area contributed by atoms with Crippen molar-refractivity contribution in [1.82, 2.24) is 4.57 Å². The molecule has 0 amide bonds. The number of fused-ring (bicyclic) bond motifs is 1. The molecule has 96 valence electrons. The van der Waals surface area contributed by atoms with E-state index in [1.165, 1.54) is 49.3 Å². The van der Waals surface area contributed by atoms with E-state index in [1.807, 2.05) is 0 Å². The summed E-state index contributed by atoms with van der Waals surface area (Å²) < 4.78 is 4.80.